The summed E-state index contributed by atoms with van der Waals surface area (Å²) in [6, 6.07) is 23.0. The van der Waals surface area contributed by atoms with Crippen molar-refractivity contribution in [1.29, 1.82) is 0 Å². The summed E-state index contributed by atoms with van der Waals surface area (Å²) in [4.78, 5) is 8.67. The van der Waals surface area contributed by atoms with Crippen LogP contribution in [0.4, 0.5) is 28.9 Å². The van der Waals surface area contributed by atoms with Crippen molar-refractivity contribution in [3.05, 3.63) is 154 Å². The highest BCUT2D eigenvalue weighted by atomic mass is 127. The first-order valence-electron chi connectivity index (χ1n) is 16.0. The molecule has 5 aromatic carbocycles. The highest BCUT2D eigenvalue weighted by Gasteiger charge is 2.21. The molecule has 0 unspecified atom stereocenters. The van der Waals surface area contributed by atoms with E-state index in [1.807, 2.05) is 30.5 Å². The second-order valence-electron chi connectivity index (χ2n) is 11.6. The topological polar surface area (TPSA) is 208 Å². The van der Waals surface area contributed by atoms with Gasteiger partial charge in [-0.15, -0.1) is 0 Å². The van der Waals surface area contributed by atoms with Gasteiger partial charge < -0.3 is 44.7 Å². The second kappa shape index (κ2) is 21.9. The first-order chi connectivity index (χ1) is 27.9. The van der Waals surface area contributed by atoms with Gasteiger partial charge in [0, 0.05) is 94.5 Å². The molecule has 0 radical (unpaired) electrons. The van der Waals surface area contributed by atoms with Gasteiger partial charge in [-0.2, -0.15) is 8.42 Å². The molecule has 0 atom stereocenters. The Labute approximate surface area is 386 Å². The zero-order valence-electron chi connectivity index (χ0n) is 29.9. The molecule has 0 spiro atoms. The number of halogens is 10. The van der Waals surface area contributed by atoms with E-state index in [4.69, 9.17) is 64.2 Å². The number of hydrogen-bond acceptors (Lipinski definition) is 7. The van der Waals surface area contributed by atoms with E-state index in [2.05, 4.69) is 30.4 Å². The number of hydrogen-bond donors (Lipinski definition) is 6. The maximum absolute atomic E-state index is 13.6. The Morgan fingerprint density at radius 2 is 1.03 bits per heavy atom. The molecule has 0 saturated carbocycles. The van der Waals surface area contributed by atoms with Crippen LogP contribution in [0.15, 0.2) is 125 Å². The van der Waals surface area contributed by atoms with Crippen LogP contribution in [0.5, 0.6) is 0 Å². The Morgan fingerprint density at radius 3 is 1.52 bits per heavy atom. The van der Waals surface area contributed by atoms with E-state index in [0.717, 1.165) is 34.8 Å². The van der Waals surface area contributed by atoms with Crippen LogP contribution < -0.4 is 34.4 Å². The van der Waals surface area contributed by atoms with Gasteiger partial charge in [-0.1, -0.05) is 40.9 Å². The van der Waals surface area contributed by atoms with Gasteiger partial charge in [0.1, 0.15) is 33.1 Å². The van der Waals surface area contributed by atoms with Crippen LogP contribution in [-0.2, 0) is 28.4 Å². The van der Waals surface area contributed by atoms with Crippen LogP contribution in [0, 0.1) is 23.3 Å². The molecule has 0 fully saturated rings. The lowest BCUT2D eigenvalue weighted by atomic mass is 10.2. The quantitative estimate of drug-likeness (QED) is 0.0333. The number of nitrogens with one attached hydrogen (secondary N) is 4. The molecule has 0 bridgehead atoms. The number of nitrogens with two attached hydrogens (primary N) is 1. The molecule has 12 nitrogen and oxygen atoms in total. The van der Waals surface area contributed by atoms with Crippen LogP contribution >= 0.6 is 56.2 Å². The van der Waals surface area contributed by atoms with Crippen LogP contribution in [0.2, 0.25) is 15.1 Å². The van der Waals surface area contributed by atoms with Gasteiger partial charge in [-0.3, -0.25) is 9.27 Å². The number of H-pyrrole nitrogens is 3. The number of fused-ring (bicyclic) bond motifs is 3. The third kappa shape index (κ3) is 15.7. The zero-order chi connectivity index (χ0) is 44.6. The molecule has 0 aliphatic heterocycles. The normalized spacial score (nSPS) is 11.1. The molecule has 25 heteroatoms. The molecule has 0 aliphatic rings. The minimum atomic E-state index is -4.19. The lowest BCUT2D eigenvalue weighted by molar-refractivity contribution is -0.0000225. The number of benzene rings is 5. The number of aromatic amines is 3. The molecule has 8 rings (SSSR count). The second-order valence-corrected chi connectivity index (χ2v) is 19.1. The van der Waals surface area contributed by atoms with Crippen LogP contribution in [-0.4, -0.2) is 44.8 Å². The fourth-order valence-corrected chi connectivity index (χ4v) is 7.65. The predicted molar refractivity (Wildman–Crippen MR) is 228 cm³/mol. The Morgan fingerprint density at radius 1 is 0.574 bits per heavy atom. The summed E-state index contributed by atoms with van der Waals surface area (Å²) in [5.74, 6) is -3.11. The summed E-state index contributed by atoms with van der Waals surface area (Å²) in [6.07, 6.45) is 4.54. The van der Waals surface area contributed by atoms with E-state index in [1.165, 1.54) is 23.8 Å². The molecule has 0 saturated heterocycles. The van der Waals surface area contributed by atoms with Crippen LogP contribution in [0.1, 0.15) is 0 Å². The summed E-state index contributed by atoms with van der Waals surface area (Å²) in [7, 11) is -2.63. The maximum Gasteiger partial charge on any atom is 0.353 e. The first kappa shape index (κ1) is 51.4. The molecular weight excluding hydrogens is 1090 g/mol. The summed E-state index contributed by atoms with van der Waals surface area (Å²) >= 11 is 17.3. The zero-order valence-corrected chi connectivity index (χ0v) is 38.3. The standard InChI is InChI=1S/C14H9ClF2N2O2S.C8H5Cl2NO2S.C8H6ClN.C6H5F2N.ClHO3S.HI/c15-8-1-3-10-13(5-8)18-7-14(10)22(20,21)19-12-4-2-9(16)6-11(12)17;9-5-1-2-6-7(3-5)11-4-8(6)14(10,12)13;9-7-2-1-6-3-4-10-8(6)5-7;7-4-1-2-6(9)5(8)3-4;1-5(2,3)4;/h1-7,18-19H;1-4,11H;1-5,10H;1-3H,9H2;(H,2,3,4);1H/p-1. The average molecular weight is 1120 g/mol. The van der Waals surface area contributed by atoms with E-state index >= 15 is 0 Å². The van der Waals surface area contributed by atoms with Crippen LogP contribution in [0.25, 0.3) is 32.7 Å². The highest BCUT2D eigenvalue weighted by molar-refractivity contribution is 8.14. The molecule has 61 heavy (non-hydrogen) atoms. The van der Waals surface area contributed by atoms with E-state index < -0.39 is 51.7 Å². The molecule has 3 aromatic heterocycles. The fourth-order valence-electron chi connectivity index (χ4n) is 4.86. The smallest absolute Gasteiger partial charge is 0.353 e. The van der Waals surface area contributed by atoms with E-state index in [1.54, 1.807) is 36.4 Å². The number of sulfonamides is 1. The Bertz CT molecular complexity index is 3130. The monoisotopic (exact) mass is 1110 g/mol. The molecule has 326 valence electrons. The SMILES string of the molecule is Clc1ccc2cc[nH]c2c1.Nc1ccc(F)cc1F.O=S(=O)(Cl)c1c[nH]c2cc(Cl)ccc12.O=S(=O)(Nc1ccc(F)cc1F)c1c[nH]c2cc(Cl)ccc12.O=S(=O)(O)Cl.[I-]. The molecule has 7 N–H and O–H groups in total. The van der Waals surface area contributed by atoms with Crippen molar-refractivity contribution in [2.75, 3.05) is 10.5 Å². The predicted octanol–water partition coefficient (Wildman–Crippen LogP) is 8.05. The van der Waals surface area contributed by atoms with E-state index in [9.17, 15) is 34.4 Å². The summed E-state index contributed by atoms with van der Waals surface area (Å²) < 4.78 is 125. The lowest BCUT2D eigenvalue weighted by Gasteiger charge is -2.08. The van der Waals surface area contributed by atoms with Crippen molar-refractivity contribution in [3.63, 3.8) is 0 Å². The number of anilines is 2. The van der Waals surface area contributed by atoms with Gasteiger partial charge in [-0.05, 0) is 84.2 Å². The average Bonchev–Trinajstić information content (AvgIpc) is 3.89. The molecule has 0 aliphatic carbocycles. The molecular formula is C36H26Cl5F4IN5O7S3-. The highest BCUT2D eigenvalue weighted by Crippen LogP contribution is 2.29. The Hall–Kier alpha value is -3.97. The lowest BCUT2D eigenvalue weighted by Crippen LogP contribution is -3.00. The van der Waals surface area contributed by atoms with Crippen molar-refractivity contribution in [2.45, 2.75) is 9.79 Å². The molecule has 8 aromatic rings. The number of rotatable bonds is 4. The molecule has 0 amide bonds. The summed E-state index contributed by atoms with van der Waals surface area (Å²) in [5, 5.41) is 3.93. The minimum Gasteiger partial charge on any atom is -1.00 e. The first-order valence-corrected chi connectivity index (χ1v) is 23.2. The third-order valence-electron chi connectivity index (χ3n) is 7.42. The van der Waals surface area contributed by atoms with Crippen molar-refractivity contribution in [1.82, 2.24) is 15.0 Å². The van der Waals surface area contributed by atoms with Gasteiger partial charge in [0.25, 0.3) is 19.1 Å². The van der Waals surface area contributed by atoms with E-state index in [-0.39, 0.29) is 45.1 Å². The summed E-state index contributed by atoms with van der Waals surface area (Å²) in [6.45, 7) is 0. The van der Waals surface area contributed by atoms with Gasteiger partial charge in [0.05, 0.1) is 11.4 Å². The van der Waals surface area contributed by atoms with Crippen molar-refractivity contribution in [2.24, 2.45) is 0 Å². The number of nitrogen functional groups attached to an aromatic ring is 1. The Balaban J connectivity index is 0.000000220. The molecule has 3 heterocycles. The van der Waals surface area contributed by atoms with Gasteiger partial charge in [0.2, 0.25) is 0 Å². The van der Waals surface area contributed by atoms with Crippen molar-refractivity contribution in [3.8, 4) is 0 Å². The number of aromatic nitrogens is 3. The third-order valence-corrected chi connectivity index (χ3v) is 10.9. The minimum absolute atomic E-state index is 0. The van der Waals surface area contributed by atoms with Gasteiger partial charge in [0.15, 0.2) is 0 Å². The van der Waals surface area contributed by atoms with Crippen LogP contribution in [0.3, 0.4) is 0 Å². The maximum atomic E-state index is 13.6. The summed E-state index contributed by atoms with van der Waals surface area (Å²) in [5.41, 5.74) is 6.96. The van der Waals surface area contributed by atoms with Gasteiger partial charge >= 0.3 is 9.33 Å². The van der Waals surface area contributed by atoms with Gasteiger partial charge in [-0.25, -0.2) is 34.4 Å². The van der Waals surface area contributed by atoms with Crippen molar-refractivity contribution < 1.29 is 71.3 Å². The van der Waals surface area contributed by atoms with E-state index in [0.29, 0.717) is 37.9 Å². The Kier molecular flexibility index (Phi) is 18.4. The largest absolute Gasteiger partial charge is 1.00 e. The van der Waals surface area contributed by atoms with Crippen molar-refractivity contribution >= 4 is 129 Å². The fraction of sp³-hybridized carbons (Fsp3) is 0.